The van der Waals surface area contributed by atoms with Crippen molar-refractivity contribution in [3.05, 3.63) is 46.8 Å². The van der Waals surface area contributed by atoms with Crippen LogP contribution in [-0.2, 0) is 13.1 Å². The fourth-order valence-corrected chi connectivity index (χ4v) is 1.53. The molecule has 6 heteroatoms. The summed E-state index contributed by atoms with van der Waals surface area (Å²) < 4.78 is 12.8. The zero-order valence-electron chi connectivity index (χ0n) is 8.37. The van der Waals surface area contributed by atoms with Gasteiger partial charge in [-0.05, 0) is 17.7 Å². The Balaban J connectivity index is 1.90. The van der Waals surface area contributed by atoms with Crippen molar-refractivity contribution in [3.63, 3.8) is 0 Å². The molecule has 0 bridgehead atoms. The summed E-state index contributed by atoms with van der Waals surface area (Å²) in [5.41, 5.74) is 0.850. The Labute approximate surface area is 96.9 Å². The maximum absolute atomic E-state index is 12.8. The highest BCUT2D eigenvalue weighted by atomic mass is 35.5. The van der Waals surface area contributed by atoms with E-state index in [1.165, 1.54) is 18.5 Å². The van der Waals surface area contributed by atoms with Gasteiger partial charge in [0.15, 0.2) is 0 Å². The molecular formula is C10H10ClFN4. The molecule has 0 saturated heterocycles. The third-order valence-electron chi connectivity index (χ3n) is 2.09. The summed E-state index contributed by atoms with van der Waals surface area (Å²) in [5, 5.41) is 10.0. The summed E-state index contributed by atoms with van der Waals surface area (Å²) in [6.45, 7) is 1.12. The Morgan fingerprint density at radius 3 is 2.94 bits per heavy atom. The molecule has 1 aromatic heterocycles. The fourth-order valence-electron chi connectivity index (χ4n) is 1.30. The average molecular weight is 241 g/mol. The summed E-state index contributed by atoms with van der Waals surface area (Å²) in [4.78, 5) is 3.96. The number of benzene rings is 1. The number of H-pyrrole nitrogens is 1. The minimum Gasteiger partial charge on any atom is -0.306 e. The van der Waals surface area contributed by atoms with Crippen LogP contribution < -0.4 is 5.32 Å². The topological polar surface area (TPSA) is 53.6 Å². The Morgan fingerprint density at radius 2 is 2.25 bits per heavy atom. The van der Waals surface area contributed by atoms with Gasteiger partial charge in [0, 0.05) is 11.6 Å². The van der Waals surface area contributed by atoms with Crippen molar-refractivity contribution in [1.82, 2.24) is 20.5 Å². The molecule has 84 valence electrons. The van der Waals surface area contributed by atoms with E-state index >= 15 is 0 Å². The van der Waals surface area contributed by atoms with Crippen molar-refractivity contribution in [1.29, 1.82) is 0 Å². The molecule has 0 spiro atoms. The zero-order valence-corrected chi connectivity index (χ0v) is 9.13. The first-order chi connectivity index (χ1) is 7.75. The molecule has 0 fully saturated rings. The molecular weight excluding hydrogens is 231 g/mol. The normalized spacial score (nSPS) is 10.6. The van der Waals surface area contributed by atoms with Crippen LogP contribution in [-0.4, -0.2) is 15.2 Å². The average Bonchev–Trinajstić information content (AvgIpc) is 2.74. The lowest BCUT2D eigenvalue weighted by Crippen LogP contribution is -2.14. The minimum absolute atomic E-state index is 0.330. The van der Waals surface area contributed by atoms with Crippen LogP contribution >= 0.6 is 11.6 Å². The number of aromatic amines is 1. The van der Waals surface area contributed by atoms with Crippen LogP contribution in [0.3, 0.4) is 0 Å². The molecule has 0 amide bonds. The van der Waals surface area contributed by atoms with Gasteiger partial charge in [-0.1, -0.05) is 17.7 Å². The lowest BCUT2D eigenvalue weighted by molar-refractivity contribution is 0.623. The van der Waals surface area contributed by atoms with Crippen LogP contribution in [0.2, 0.25) is 5.02 Å². The molecule has 0 aliphatic rings. The Morgan fingerprint density at radius 1 is 1.38 bits per heavy atom. The van der Waals surface area contributed by atoms with Crippen molar-refractivity contribution in [2.75, 3.05) is 0 Å². The summed E-state index contributed by atoms with van der Waals surface area (Å²) in [6, 6.07) is 4.34. The molecule has 2 N–H and O–H groups in total. The van der Waals surface area contributed by atoms with Gasteiger partial charge >= 0.3 is 0 Å². The number of rotatable bonds is 4. The predicted octanol–water partition coefficient (Wildman–Crippen LogP) is 1.89. The highest BCUT2D eigenvalue weighted by molar-refractivity contribution is 6.31. The SMILES string of the molecule is Fc1ccc(CNCc2ncn[nH]2)c(Cl)c1. The first-order valence-electron chi connectivity index (χ1n) is 4.74. The van der Waals surface area contributed by atoms with Crippen LogP contribution in [0.15, 0.2) is 24.5 Å². The summed E-state index contributed by atoms with van der Waals surface area (Å²) in [7, 11) is 0. The van der Waals surface area contributed by atoms with E-state index in [0.717, 1.165) is 11.4 Å². The molecule has 0 unspecified atom stereocenters. The van der Waals surface area contributed by atoms with Crippen LogP contribution in [0, 0.1) is 5.82 Å². The highest BCUT2D eigenvalue weighted by Crippen LogP contribution is 2.16. The molecule has 1 aromatic carbocycles. The van der Waals surface area contributed by atoms with E-state index in [1.807, 2.05) is 0 Å². The third-order valence-corrected chi connectivity index (χ3v) is 2.44. The zero-order chi connectivity index (χ0) is 11.4. The maximum Gasteiger partial charge on any atom is 0.138 e. The number of hydrogen-bond acceptors (Lipinski definition) is 3. The quantitative estimate of drug-likeness (QED) is 0.858. The van der Waals surface area contributed by atoms with Crippen molar-refractivity contribution in [2.24, 2.45) is 0 Å². The van der Waals surface area contributed by atoms with E-state index in [0.29, 0.717) is 18.1 Å². The third kappa shape index (κ3) is 2.77. The first kappa shape index (κ1) is 11.0. The Bertz CT molecular complexity index is 458. The van der Waals surface area contributed by atoms with E-state index in [1.54, 1.807) is 6.07 Å². The molecule has 2 rings (SSSR count). The molecule has 1 heterocycles. The molecule has 0 aliphatic heterocycles. The number of hydrogen-bond donors (Lipinski definition) is 2. The highest BCUT2D eigenvalue weighted by Gasteiger charge is 2.02. The molecule has 0 saturated carbocycles. The molecule has 0 aliphatic carbocycles. The van der Waals surface area contributed by atoms with Gasteiger partial charge in [-0.15, -0.1) is 0 Å². The van der Waals surface area contributed by atoms with Gasteiger partial charge in [0.25, 0.3) is 0 Å². The predicted molar refractivity (Wildman–Crippen MR) is 58.3 cm³/mol. The number of nitrogens with one attached hydrogen (secondary N) is 2. The van der Waals surface area contributed by atoms with E-state index in [9.17, 15) is 4.39 Å². The van der Waals surface area contributed by atoms with Gasteiger partial charge in [0.1, 0.15) is 18.0 Å². The fraction of sp³-hybridized carbons (Fsp3) is 0.200. The number of nitrogens with zero attached hydrogens (tertiary/aromatic N) is 2. The molecule has 2 aromatic rings. The van der Waals surface area contributed by atoms with Crippen LogP contribution in [0.25, 0.3) is 0 Å². The van der Waals surface area contributed by atoms with E-state index < -0.39 is 0 Å². The number of halogens is 2. The van der Waals surface area contributed by atoms with E-state index in [4.69, 9.17) is 11.6 Å². The van der Waals surface area contributed by atoms with Crippen LogP contribution in [0.1, 0.15) is 11.4 Å². The molecule has 16 heavy (non-hydrogen) atoms. The van der Waals surface area contributed by atoms with Crippen molar-refractivity contribution in [3.8, 4) is 0 Å². The minimum atomic E-state index is -0.330. The first-order valence-corrected chi connectivity index (χ1v) is 5.12. The Kier molecular flexibility index (Phi) is 3.48. The van der Waals surface area contributed by atoms with Gasteiger partial charge in [0.2, 0.25) is 0 Å². The van der Waals surface area contributed by atoms with Crippen molar-refractivity contribution in [2.45, 2.75) is 13.1 Å². The lowest BCUT2D eigenvalue weighted by atomic mass is 10.2. The summed E-state index contributed by atoms with van der Waals surface area (Å²) in [5.74, 6) is 0.419. The number of aromatic nitrogens is 3. The summed E-state index contributed by atoms with van der Waals surface area (Å²) >= 11 is 5.87. The van der Waals surface area contributed by atoms with E-state index in [2.05, 4.69) is 20.5 Å². The van der Waals surface area contributed by atoms with Gasteiger partial charge in [-0.25, -0.2) is 9.37 Å². The molecule has 0 atom stereocenters. The second kappa shape index (κ2) is 5.05. The van der Waals surface area contributed by atoms with Crippen LogP contribution in [0.5, 0.6) is 0 Å². The largest absolute Gasteiger partial charge is 0.306 e. The molecule has 4 nitrogen and oxygen atoms in total. The van der Waals surface area contributed by atoms with Gasteiger partial charge in [-0.2, -0.15) is 5.10 Å². The second-order valence-electron chi connectivity index (χ2n) is 3.27. The molecule has 0 radical (unpaired) electrons. The Hall–Kier alpha value is -1.46. The monoisotopic (exact) mass is 240 g/mol. The van der Waals surface area contributed by atoms with Gasteiger partial charge in [-0.3, -0.25) is 5.10 Å². The van der Waals surface area contributed by atoms with E-state index in [-0.39, 0.29) is 5.82 Å². The summed E-state index contributed by atoms with van der Waals surface area (Å²) in [6.07, 6.45) is 1.45. The van der Waals surface area contributed by atoms with Crippen LogP contribution in [0.4, 0.5) is 4.39 Å². The standard InChI is InChI=1S/C10H10ClFN4/c11-9-3-8(12)2-1-7(9)4-13-5-10-14-6-15-16-10/h1-3,6,13H,4-5H2,(H,14,15,16). The van der Waals surface area contributed by atoms with Gasteiger partial charge < -0.3 is 5.32 Å². The van der Waals surface area contributed by atoms with Crippen molar-refractivity contribution >= 4 is 11.6 Å². The lowest BCUT2D eigenvalue weighted by Gasteiger charge is -2.05. The van der Waals surface area contributed by atoms with Crippen molar-refractivity contribution < 1.29 is 4.39 Å². The second-order valence-corrected chi connectivity index (χ2v) is 3.68. The van der Waals surface area contributed by atoms with Gasteiger partial charge in [0.05, 0.1) is 6.54 Å². The maximum atomic E-state index is 12.8. The smallest absolute Gasteiger partial charge is 0.138 e.